The number of hydrogen-bond acceptors (Lipinski definition) is 6. The van der Waals surface area contributed by atoms with Gasteiger partial charge in [-0.15, -0.1) is 0 Å². The molecule has 0 aliphatic heterocycles. The van der Waals surface area contributed by atoms with Gasteiger partial charge in [-0.05, 0) is 55.4 Å². The number of nitrogens with one attached hydrogen (secondary N) is 1. The van der Waals surface area contributed by atoms with Crippen LogP contribution in [-0.2, 0) is 11.3 Å². The number of likely N-dealkylation sites (N-methyl/N-ethyl adjacent to an activating group) is 1. The number of carboxylic acid groups (broad SMARTS) is 1. The van der Waals surface area contributed by atoms with Gasteiger partial charge in [0.2, 0.25) is 0 Å². The van der Waals surface area contributed by atoms with Crippen molar-refractivity contribution < 1.29 is 9.90 Å². The molecule has 1 aromatic carbocycles. The van der Waals surface area contributed by atoms with Crippen molar-refractivity contribution in [1.29, 1.82) is 0 Å². The molecule has 0 spiro atoms. The topological polar surface area (TPSA) is 108 Å². The summed E-state index contributed by atoms with van der Waals surface area (Å²) in [5, 5.41) is 9.94. The molecule has 5 aromatic rings. The maximum atomic E-state index is 11.0. The van der Waals surface area contributed by atoms with Crippen molar-refractivity contribution >= 4 is 17.0 Å². The number of carbonyl (C=O) groups is 1. The fourth-order valence-electron chi connectivity index (χ4n) is 4.12. The van der Waals surface area contributed by atoms with Gasteiger partial charge < -0.3 is 10.1 Å². The van der Waals surface area contributed by atoms with E-state index >= 15 is 0 Å². The second kappa shape index (κ2) is 9.44. The number of hydrogen-bond donors (Lipinski definition) is 2. The lowest BCUT2D eigenvalue weighted by Crippen LogP contribution is -2.25. The number of aromatic amines is 1. The summed E-state index contributed by atoms with van der Waals surface area (Å²) in [4.78, 5) is 34.6. The number of carboxylic acids is 1. The van der Waals surface area contributed by atoms with E-state index in [9.17, 15) is 4.79 Å². The number of benzene rings is 1. The van der Waals surface area contributed by atoms with Gasteiger partial charge in [-0.3, -0.25) is 14.7 Å². The quantitative estimate of drug-likeness (QED) is 0.363. The summed E-state index contributed by atoms with van der Waals surface area (Å²) in [5.74, 6) is -0.297. The Morgan fingerprint density at radius 2 is 1.80 bits per heavy atom. The Labute approximate surface area is 202 Å². The first-order valence-electron chi connectivity index (χ1n) is 11.2. The van der Waals surface area contributed by atoms with Crippen LogP contribution in [0.15, 0.2) is 73.2 Å². The van der Waals surface area contributed by atoms with Gasteiger partial charge in [0.25, 0.3) is 0 Å². The van der Waals surface area contributed by atoms with Crippen LogP contribution in [0.3, 0.4) is 0 Å². The average molecular weight is 465 g/mol. The van der Waals surface area contributed by atoms with E-state index in [0.717, 1.165) is 44.7 Å². The molecule has 5 rings (SSSR count). The average Bonchev–Trinajstić information content (AvgIpc) is 3.32. The first-order chi connectivity index (χ1) is 17.0. The Morgan fingerprint density at radius 1 is 0.971 bits per heavy atom. The van der Waals surface area contributed by atoms with Crippen LogP contribution in [0, 0.1) is 6.92 Å². The molecule has 0 saturated heterocycles. The number of nitrogens with zero attached hydrogens (tertiary/aromatic N) is 5. The van der Waals surface area contributed by atoms with Crippen molar-refractivity contribution in [1.82, 2.24) is 29.8 Å². The van der Waals surface area contributed by atoms with Crippen LogP contribution in [0.25, 0.3) is 44.9 Å². The summed E-state index contributed by atoms with van der Waals surface area (Å²) >= 11 is 0. The Morgan fingerprint density at radius 3 is 2.63 bits per heavy atom. The molecule has 8 heteroatoms. The minimum Gasteiger partial charge on any atom is -0.480 e. The predicted octanol–water partition coefficient (Wildman–Crippen LogP) is 4.57. The third kappa shape index (κ3) is 4.92. The number of pyridine rings is 2. The summed E-state index contributed by atoms with van der Waals surface area (Å²) < 4.78 is 0. The molecule has 2 N–H and O–H groups in total. The number of aryl methyl sites for hydroxylation is 1. The van der Waals surface area contributed by atoms with Crippen LogP contribution >= 0.6 is 0 Å². The standard InChI is InChI=1S/C27H24N6O2/c1-17-5-3-8-23(30-17)27-31-25(22-9-10-29-26(22)32-27)21-12-20(13-28-14-21)19-7-4-6-18(11-19)15-33(2)16-24(34)35/h3-14H,15-16H2,1-2H3,(H,34,35)(H,29,31,32). The molecule has 0 atom stereocenters. The van der Waals surface area contributed by atoms with Gasteiger partial charge >= 0.3 is 5.97 Å². The highest BCUT2D eigenvalue weighted by molar-refractivity contribution is 5.92. The van der Waals surface area contributed by atoms with Gasteiger partial charge in [0.05, 0.1) is 12.2 Å². The smallest absolute Gasteiger partial charge is 0.317 e. The number of fused-ring (bicyclic) bond motifs is 1. The second-order valence-corrected chi connectivity index (χ2v) is 8.53. The van der Waals surface area contributed by atoms with Gasteiger partial charge in [-0.1, -0.05) is 24.3 Å². The van der Waals surface area contributed by atoms with Crippen LogP contribution in [0.5, 0.6) is 0 Å². The Bertz CT molecular complexity index is 1530. The SMILES string of the molecule is Cc1cccc(-c2nc(-c3cncc(-c4cccc(CN(C)CC(=O)O)c4)c3)c3cc[nH]c3n2)n1. The lowest BCUT2D eigenvalue weighted by molar-refractivity contribution is -0.138. The molecular weight excluding hydrogens is 440 g/mol. The second-order valence-electron chi connectivity index (χ2n) is 8.53. The predicted molar refractivity (Wildman–Crippen MR) is 134 cm³/mol. The molecule has 174 valence electrons. The summed E-state index contributed by atoms with van der Waals surface area (Å²) in [6.07, 6.45) is 5.48. The van der Waals surface area contributed by atoms with Crippen molar-refractivity contribution in [2.75, 3.05) is 13.6 Å². The molecule has 0 bridgehead atoms. The summed E-state index contributed by atoms with van der Waals surface area (Å²) in [6.45, 7) is 2.47. The van der Waals surface area contributed by atoms with Gasteiger partial charge in [-0.25, -0.2) is 15.0 Å². The molecule has 0 fully saturated rings. The van der Waals surface area contributed by atoms with E-state index in [2.05, 4.69) is 32.1 Å². The van der Waals surface area contributed by atoms with E-state index in [1.807, 2.05) is 61.8 Å². The highest BCUT2D eigenvalue weighted by Crippen LogP contribution is 2.30. The highest BCUT2D eigenvalue weighted by Gasteiger charge is 2.14. The maximum Gasteiger partial charge on any atom is 0.317 e. The van der Waals surface area contributed by atoms with Gasteiger partial charge in [-0.2, -0.15) is 0 Å². The van der Waals surface area contributed by atoms with E-state index in [0.29, 0.717) is 18.1 Å². The number of aliphatic carboxylic acids is 1. The summed E-state index contributed by atoms with van der Waals surface area (Å²) in [7, 11) is 1.79. The lowest BCUT2D eigenvalue weighted by atomic mass is 10.0. The van der Waals surface area contributed by atoms with Crippen molar-refractivity contribution in [3.05, 3.63) is 84.4 Å². The monoisotopic (exact) mass is 464 g/mol. The van der Waals surface area contributed by atoms with Gasteiger partial charge in [0.1, 0.15) is 11.3 Å². The zero-order chi connectivity index (χ0) is 24.4. The largest absolute Gasteiger partial charge is 0.480 e. The van der Waals surface area contributed by atoms with Crippen LogP contribution in [-0.4, -0.2) is 54.5 Å². The molecule has 0 amide bonds. The van der Waals surface area contributed by atoms with Crippen molar-refractivity contribution in [3.8, 4) is 33.9 Å². The van der Waals surface area contributed by atoms with Crippen LogP contribution < -0.4 is 0 Å². The van der Waals surface area contributed by atoms with E-state index in [1.54, 1.807) is 18.1 Å². The molecule has 8 nitrogen and oxygen atoms in total. The van der Waals surface area contributed by atoms with E-state index in [1.165, 1.54) is 0 Å². The van der Waals surface area contributed by atoms with Crippen molar-refractivity contribution in [2.45, 2.75) is 13.5 Å². The Balaban J connectivity index is 1.53. The molecule has 0 radical (unpaired) electrons. The minimum atomic E-state index is -0.846. The molecule has 0 aliphatic rings. The zero-order valence-electron chi connectivity index (χ0n) is 19.4. The fourth-order valence-corrected chi connectivity index (χ4v) is 4.12. The normalized spacial score (nSPS) is 11.3. The van der Waals surface area contributed by atoms with Gasteiger partial charge in [0.15, 0.2) is 5.82 Å². The van der Waals surface area contributed by atoms with Crippen LogP contribution in [0.2, 0.25) is 0 Å². The molecule has 4 aromatic heterocycles. The fraction of sp³-hybridized carbons (Fsp3) is 0.148. The first-order valence-corrected chi connectivity index (χ1v) is 11.2. The molecule has 35 heavy (non-hydrogen) atoms. The third-order valence-corrected chi connectivity index (χ3v) is 5.66. The molecular formula is C27H24N6O2. The van der Waals surface area contributed by atoms with Crippen LogP contribution in [0.4, 0.5) is 0 Å². The Kier molecular flexibility index (Phi) is 6.03. The van der Waals surface area contributed by atoms with Gasteiger partial charge in [0, 0.05) is 47.3 Å². The van der Waals surface area contributed by atoms with E-state index < -0.39 is 5.97 Å². The molecule has 4 heterocycles. The summed E-state index contributed by atoms with van der Waals surface area (Å²) in [6, 6.07) is 17.9. The Hall–Kier alpha value is -4.43. The maximum absolute atomic E-state index is 11.0. The van der Waals surface area contributed by atoms with Crippen molar-refractivity contribution in [3.63, 3.8) is 0 Å². The number of H-pyrrole nitrogens is 1. The molecule has 0 aliphatic carbocycles. The first kappa shape index (κ1) is 22.4. The zero-order valence-corrected chi connectivity index (χ0v) is 19.4. The number of aromatic nitrogens is 5. The van der Waals surface area contributed by atoms with E-state index in [4.69, 9.17) is 10.1 Å². The third-order valence-electron chi connectivity index (χ3n) is 5.66. The van der Waals surface area contributed by atoms with Crippen LogP contribution in [0.1, 0.15) is 11.3 Å². The molecule has 0 unspecified atom stereocenters. The molecule has 0 saturated carbocycles. The van der Waals surface area contributed by atoms with E-state index in [-0.39, 0.29) is 6.54 Å². The lowest BCUT2D eigenvalue weighted by Gasteiger charge is -2.15. The number of rotatable bonds is 7. The van der Waals surface area contributed by atoms with Crippen molar-refractivity contribution in [2.24, 2.45) is 0 Å². The minimum absolute atomic E-state index is 0.0141. The summed E-state index contributed by atoms with van der Waals surface area (Å²) in [5.41, 5.74) is 6.98. The highest BCUT2D eigenvalue weighted by atomic mass is 16.4.